The number of anilines is 2. The topological polar surface area (TPSA) is 112 Å². The average molecular weight is 517 g/mol. The number of esters is 1. The molecular weight excluding hydrogens is 487 g/mol. The predicted octanol–water partition coefficient (Wildman–Crippen LogP) is 5.49. The number of rotatable bonds is 6. The Bertz CT molecular complexity index is 1290. The van der Waals surface area contributed by atoms with Crippen LogP contribution in [0.1, 0.15) is 55.3 Å². The number of thiophene rings is 1. The molecule has 0 bridgehead atoms. The zero-order chi connectivity index (χ0) is 26.0. The number of carbonyl (C=O) groups excluding carboxylic acids is 2. The molecule has 192 valence electrons. The number of methoxy groups -OCH3 is 1. The zero-order valence-electron chi connectivity index (χ0n) is 20.8. The standard InChI is InChI=1S/C25H29FN4O5S/c1-13-19-21(27-12-28-22(19)36-20(13)23(31)33-5)30-17-9-6-14(26)10-18(17)34-16-8-7-15(11-16)29-24(32)35-25(2,3)4/h6,9-10,12,15-16H,7-8,11H2,1-5H3,(H,29,32)(H,27,28,30). The lowest BCUT2D eigenvalue weighted by atomic mass is 10.2. The van der Waals surface area contributed by atoms with Crippen molar-refractivity contribution in [2.24, 2.45) is 0 Å². The molecular formula is C25H29FN4O5S. The van der Waals surface area contributed by atoms with E-state index in [4.69, 9.17) is 14.2 Å². The van der Waals surface area contributed by atoms with Crippen LogP contribution in [0.25, 0.3) is 10.2 Å². The van der Waals surface area contributed by atoms with Crippen molar-refractivity contribution >= 4 is 45.1 Å². The number of benzene rings is 1. The molecule has 2 atom stereocenters. The minimum Gasteiger partial charge on any atom is -0.488 e. The Morgan fingerprint density at radius 1 is 1.19 bits per heavy atom. The predicted molar refractivity (Wildman–Crippen MR) is 135 cm³/mol. The molecule has 0 radical (unpaired) electrons. The first-order valence-corrected chi connectivity index (χ1v) is 12.4. The molecule has 11 heteroatoms. The average Bonchev–Trinajstić information content (AvgIpc) is 3.38. The number of nitrogens with one attached hydrogen (secondary N) is 2. The number of aromatic nitrogens is 2. The van der Waals surface area contributed by atoms with E-state index in [9.17, 15) is 14.0 Å². The van der Waals surface area contributed by atoms with Gasteiger partial charge in [0.25, 0.3) is 0 Å². The van der Waals surface area contributed by atoms with E-state index in [1.807, 2.05) is 20.8 Å². The van der Waals surface area contributed by atoms with Crippen molar-refractivity contribution in [3.63, 3.8) is 0 Å². The van der Waals surface area contributed by atoms with Crippen LogP contribution in [0.4, 0.5) is 20.7 Å². The molecule has 2 N–H and O–H groups in total. The summed E-state index contributed by atoms with van der Waals surface area (Å²) in [7, 11) is 1.33. The van der Waals surface area contributed by atoms with E-state index in [2.05, 4.69) is 20.6 Å². The van der Waals surface area contributed by atoms with Crippen molar-refractivity contribution in [3.8, 4) is 5.75 Å². The molecule has 1 fully saturated rings. The van der Waals surface area contributed by atoms with E-state index in [1.165, 1.54) is 36.9 Å². The van der Waals surface area contributed by atoms with Gasteiger partial charge in [-0.15, -0.1) is 11.3 Å². The highest BCUT2D eigenvalue weighted by Gasteiger charge is 2.30. The maximum Gasteiger partial charge on any atom is 0.407 e. The minimum absolute atomic E-state index is 0.0958. The normalized spacial score (nSPS) is 17.6. The van der Waals surface area contributed by atoms with Crippen LogP contribution in [0.2, 0.25) is 0 Å². The minimum atomic E-state index is -0.578. The lowest BCUT2D eigenvalue weighted by molar-refractivity contribution is 0.0502. The van der Waals surface area contributed by atoms with Crippen molar-refractivity contribution in [3.05, 3.63) is 40.8 Å². The first-order valence-electron chi connectivity index (χ1n) is 11.6. The van der Waals surface area contributed by atoms with Crippen LogP contribution in [0, 0.1) is 12.7 Å². The Hall–Kier alpha value is -3.47. The number of carbonyl (C=O) groups is 2. The fourth-order valence-electron chi connectivity index (χ4n) is 4.11. The molecule has 2 unspecified atom stereocenters. The summed E-state index contributed by atoms with van der Waals surface area (Å²) < 4.78 is 30.5. The summed E-state index contributed by atoms with van der Waals surface area (Å²) >= 11 is 1.22. The fraction of sp³-hybridized carbons (Fsp3) is 0.440. The van der Waals surface area contributed by atoms with Crippen LogP contribution < -0.4 is 15.4 Å². The lowest BCUT2D eigenvalue weighted by Crippen LogP contribution is -2.38. The quantitative estimate of drug-likeness (QED) is 0.414. The molecule has 3 aromatic rings. The summed E-state index contributed by atoms with van der Waals surface area (Å²) in [6.07, 6.45) is 2.70. The molecule has 0 spiro atoms. The Morgan fingerprint density at radius 3 is 2.69 bits per heavy atom. The van der Waals surface area contributed by atoms with E-state index < -0.39 is 23.5 Å². The van der Waals surface area contributed by atoms with Crippen LogP contribution in [-0.2, 0) is 9.47 Å². The van der Waals surface area contributed by atoms with E-state index in [0.717, 1.165) is 6.42 Å². The second-order valence-corrected chi connectivity index (χ2v) is 10.6. The van der Waals surface area contributed by atoms with Gasteiger partial charge in [-0.3, -0.25) is 0 Å². The zero-order valence-corrected chi connectivity index (χ0v) is 21.6. The summed E-state index contributed by atoms with van der Waals surface area (Å²) in [6, 6.07) is 4.12. The van der Waals surface area contributed by atoms with Crippen molar-refractivity contribution < 1.29 is 28.2 Å². The number of hydrogen-bond donors (Lipinski definition) is 2. The highest BCUT2D eigenvalue weighted by Crippen LogP contribution is 2.37. The molecule has 0 aliphatic heterocycles. The van der Waals surface area contributed by atoms with Gasteiger partial charge in [0.05, 0.1) is 18.2 Å². The van der Waals surface area contributed by atoms with E-state index in [0.29, 0.717) is 50.8 Å². The Morgan fingerprint density at radius 2 is 1.97 bits per heavy atom. The van der Waals surface area contributed by atoms with Crippen LogP contribution in [0.5, 0.6) is 5.75 Å². The third-order valence-corrected chi connectivity index (χ3v) is 6.87. The van der Waals surface area contributed by atoms with Gasteiger partial charge in [0.15, 0.2) is 0 Å². The maximum atomic E-state index is 14.2. The Kier molecular flexibility index (Phi) is 7.30. The van der Waals surface area contributed by atoms with E-state index >= 15 is 0 Å². The van der Waals surface area contributed by atoms with Gasteiger partial charge < -0.3 is 24.8 Å². The molecule has 36 heavy (non-hydrogen) atoms. The van der Waals surface area contributed by atoms with Gasteiger partial charge >= 0.3 is 12.1 Å². The van der Waals surface area contributed by atoms with Crippen LogP contribution in [-0.4, -0.2) is 46.9 Å². The first-order chi connectivity index (χ1) is 17.0. The van der Waals surface area contributed by atoms with Gasteiger partial charge in [-0.1, -0.05) is 0 Å². The van der Waals surface area contributed by atoms with E-state index in [-0.39, 0.29) is 12.1 Å². The molecule has 0 saturated heterocycles. The highest BCUT2D eigenvalue weighted by atomic mass is 32.1. The molecule has 1 aliphatic carbocycles. The number of amides is 1. The number of nitrogens with zero attached hydrogens (tertiary/aromatic N) is 2. The number of alkyl carbamates (subject to hydrolysis) is 1. The maximum absolute atomic E-state index is 14.2. The van der Waals surface area contributed by atoms with Gasteiger partial charge in [0.1, 0.15) is 45.1 Å². The van der Waals surface area contributed by atoms with Crippen molar-refractivity contribution in [1.82, 2.24) is 15.3 Å². The van der Waals surface area contributed by atoms with Crippen LogP contribution in [0.15, 0.2) is 24.5 Å². The second-order valence-electron chi connectivity index (χ2n) is 9.61. The van der Waals surface area contributed by atoms with Gasteiger partial charge in [-0.2, -0.15) is 0 Å². The summed E-state index contributed by atoms with van der Waals surface area (Å²) in [4.78, 5) is 34.0. The molecule has 1 aliphatic rings. The summed E-state index contributed by atoms with van der Waals surface area (Å²) in [6.45, 7) is 7.23. The number of aryl methyl sites for hydroxylation is 1. The smallest absolute Gasteiger partial charge is 0.407 e. The SMILES string of the molecule is COC(=O)c1sc2ncnc(Nc3ccc(F)cc3OC3CCC(NC(=O)OC(C)(C)C)C3)c2c1C. The fourth-order valence-corrected chi connectivity index (χ4v) is 5.18. The second kappa shape index (κ2) is 10.3. The van der Waals surface area contributed by atoms with Crippen molar-refractivity contribution in [2.75, 3.05) is 12.4 Å². The highest BCUT2D eigenvalue weighted by molar-refractivity contribution is 7.20. The summed E-state index contributed by atoms with van der Waals surface area (Å²) in [5.41, 5.74) is 0.637. The largest absolute Gasteiger partial charge is 0.488 e. The number of halogens is 1. The Labute approximate surface area is 212 Å². The monoisotopic (exact) mass is 516 g/mol. The van der Waals surface area contributed by atoms with E-state index in [1.54, 1.807) is 13.0 Å². The lowest BCUT2D eigenvalue weighted by Gasteiger charge is -2.22. The van der Waals surface area contributed by atoms with Crippen molar-refractivity contribution in [1.29, 1.82) is 0 Å². The third kappa shape index (κ3) is 5.84. The number of fused-ring (bicyclic) bond motifs is 1. The van der Waals surface area contributed by atoms with Gasteiger partial charge in [0, 0.05) is 18.5 Å². The third-order valence-electron chi connectivity index (χ3n) is 5.69. The molecule has 1 aromatic carbocycles. The van der Waals surface area contributed by atoms with Gasteiger partial charge in [0.2, 0.25) is 0 Å². The number of hydrogen-bond acceptors (Lipinski definition) is 9. The Balaban J connectivity index is 1.52. The molecule has 1 amide bonds. The summed E-state index contributed by atoms with van der Waals surface area (Å²) in [5, 5.41) is 6.78. The molecule has 2 aromatic heterocycles. The van der Waals surface area contributed by atoms with Crippen LogP contribution in [0.3, 0.4) is 0 Å². The molecule has 2 heterocycles. The van der Waals surface area contributed by atoms with Crippen LogP contribution >= 0.6 is 11.3 Å². The summed E-state index contributed by atoms with van der Waals surface area (Å²) in [5.74, 6) is -0.0884. The van der Waals surface area contributed by atoms with Gasteiger partial charge in [-0.25, -0.2) is 23.9 Å². The first kappa shape index (κ1) is 25.6. The molecule has 9 nitrogen and oxygen atoms in total. The molecule has 1 saturated carbocycles. The number of ether oxygens (including phenoxy) is 3. The molecule has 4 rings (SSSR count). The van der Waals surface area contributed by atoms with Gasteiger partial charge in [-0.05, 0) is 58.2 Å². The van der Waals surface area contributed by atoms with Crippen molar-refractivity contribution in [2.45, 2.75) is 64.7 Å².